The zero-order valence-corrected chi connectivity index (χ0v) is 14.6. The number of thiocarbonyl (C=S) groups is 1. The second-order valence-electron chi connectivity index (χ2n) is 5.75. The highest BCUT2D eigenvalue weighted by Crippen LogP contribution is 2.44. The fraction of sp³-hybridized carbons (Fsp3) is 0.250. The molecule has 138 valence electrons. The van der Waals surface area contributed by atoms with Crippen LogP contribution >= 0.6 is 23.6 Å². The maximum absolute atomic E-state index is 13.7. The number of carbonyl (C=O) groups is 1. The van der Waals surface area contributed by atoms with Gasteiger partial charge in [0.2, 0.25) is 5.72 Å². The van der Waals surface area contributed by atoms with E-state index in [1.807, 2.05) is 5.32 Å². The Labute approximate surface area is 155 Å². The summed E-state index contributed by atoms with van der Waals surface area (Å²) in [4.78, 5) is 12.9. The molecule has 2 aromatic rings. The van der Waals surface area contributed by atoms with E-state index in [9.17, 15) is 28.2 Å². The summed E-state index contributed by atoms with van der Waals surface area (Å²) in [6.45, 7) is 0. The van der Waals surface area contributed by atoms with Gasteiger partial charge in [0.05, 0.1) is 10.9 Å². The molecule has 1 fully saturated rings. The van der Waals surface area contributed by atoms with E-state index in [1.54, 1.807) is 5.38 Å². The number of Topliss-reactive ketones (excluding diaryl/α,β-unsaturated/α-hetero) is 1. The Kier molecular flexibility index (Phi) is 4.67. The number of alkyl halides is 3. The van der Waals surface area contributed by atoms with Crippen LogP contribution < -0.4 is 10.6 Å². The number of ketones is 1. The third-order valence-electron chi connectivity index (χ3n) is 4.08. The van der Waals surface area contributed by atoms with Gasteiger partial charge in [0.1, 0.15) is 11.7 Å². The normalized spacial score (nSPS) is 26.1. The molecule has 3 rings (SSSR count). The van der Waals surface area contributed by atoms with Crippen LogP contribution in [0, 0.1) is 5.92 Å². The Morgan fingerprint density at radius 1 is 1.27 bits per heavy atom. The molecule has 26 heavy (non-hydrogen) atoms. The lowest BCUT2D eigenvalue weighted by molar-refractivity contribution is -0.285. The van der Waals surface area contributed by atoms with Gasteiger partial charge in [-0.15, -0.1) is 11.3 Å². The Bertz CT molecular complexity index is 842. The number of hydrogen-bond donors (Lipinski definition) is 4. The van der Waals surface area contributed by atoms with Crippen LogP contribution in [0.1, 0.15) is 21.3 Å². The van der Waals surface area contributed by atoms with Crippen molar-refractivity contribution < 1.29 is 28.2 Å². The fourth-order valence-electron chi connectivity index (χ4n) is 2.91. The van der Waals surface area contributed by atoms with Crippen LogP contribution in [0.2, 0.25) is 0 Å². The molecule has 1 aliphatic rings. The van der Waals surface area contributed by atoms with Crippen LogP contribution in [0.4, 0.5) is 13.2 Å². The van der Waals surface area contributed by atoms with Crippen molar-refractivity contribution in [2.75, 3.05) is 0 Å². The van der Waals surface area contributed by atoms with Crippen LogP contribution in [-0.4, -0.2) is 33.0 Å². The largest absolute Gasteiger partial charge is 0.508 e. The number of rotatable bonds is 3. The van der Waals surface area contributed by atoms with Crippen LogP contribution in [0.25, 0.3) is 0 Å². The molecule has 5 nitrogen and oxygen atoms in total. The minimum atomic E-state index is -5.17. The minimum Gasteiger partial charge on any atom is -0.508 e. The molecule has 0 bridgehead atoms. The molecule has 1 aromatic heterocycles. The summed E-state index contributed by atoms with van der Waals surface area (Å²) < 4.78 is 41.2. The molecule has 3 atom stereocenters. The highest BCUT2D eigenvalue weighted by molar-refractivity contribution is 7.80. The summed E-state index contributed by atoms with van der Waals surface area (Å²) in [5.74, 6) is -3.04. The molecular weight excluding hydrogens is 389 g/mol. The van der Waals surface area contributed by atoms with E-state index >= 15 is 0 Å². The number of aliphatic hydroxyl groups is 1. The predicted molar refractivity (Wildman–Crippen MR) is 92.9 cm³/mol. The molecule has 2 heterocycles. The van der Waals surface area contributed by atoms with Crippen molar-refractivity contribution in [3.63, 3.8) is 0 Å². The molecule has 4 N–H and O–H groups in total. The van der Waals surface area contributed by atoms with Crippen molar-refractivity contribution in [3.05, 3.63) is 52.2 Å². The van der Waals surface area contributed by atoms with Crippen molar-refractivity contribution in [3.8, 4) is 5.75 Å². The van der Waals surface area contributed by atoms with Gasteiger partial charge in [-0.3, -0.25) is 4.79 Å². The number of nitrogens with one attached hydrogen (secondary N) is 2. The lowest BCUT2D eigenvalue weighted by atomic mass is 9.78. The summed E-state index contributed by atoms with van der Waals surface area (Å²) in [7, 11) is 0. The summed E-state index contributed by atoms with van der Waals surface area (Å²) in [5, 5.41) is 25.7. The molecule has 0 spiro atoms. The molecule has 1 aromatic carbocycles. The highest BCUT2D eigenvalue weighted by atomic mass is 32.1. The van der Waals surface area contributed by atoms with Crippen LogP contribution in [0.5, 0.6) is 5.75 Å². The second kappa shape index (κ2) is 6.53. The van der Waals surface area contributed by atoms with Gasteiger partial charge >= 0.3 is 6.18 Å². The first-order valence-corrected chi connectivity index (χ1v) is 8.66. The SMILES string of the molecule is O=C(c1cccs1)[C@H]1[C@H](c2cccc(O)c2)NC(=S)N[C@@]1(O)C(F)(F)F. The van der Waals surface area contributed by atoms with Crippen molar-refractivity contribution in [2.45, 2.75) is 17.9 Å². The molecule has 0 amide bonds. The van der Waals surface area contributed by atoms with Gasteiger partial charge in [0.15, 0.2) is 10.9 Å². The first kappa shape index (κ1) is 18.6. The maximum Gasteiger partial charge on any atom is 0.437 e. The van der Waals surface area contributed by atoms with E-state index in [0.717, 1.165) is 11.3 Å². The van der Waals surface area contributed by atoms with Crippen molar-refractivity contribution in [2.24, 2.45) is 5.92 Å². The standard InChI is InChI=1S/C16H13F3N2O3S2/c17-16(18,19)15(24)11(13(23)10-5-2-6-26-10)12(20-14(25)21-15)8-3-1-4-9(22)7-8/h1-7,11-12,22,24H,(H2,20,21,25)/t11-,12+,15+/m1/s1. The number of hydrogen-bond acceptors (Lipinski definition) is 5. The first-order chi connectivity index (χ1) is 12.1. The summed E-state index contributed by atoms with van der Waals surface area (Å²) in [5.41, 5.74) is -3.38. The first-order valence-electron chi connectivity index (χ1n) is 7.38. The monoisotopic (exact) mass is 402 g/mol. The van der Waals surface area contributed by atoms with Gasteiger partial charge in [0.25, 0.3) is 0 Å². The van der Waals surface area contributed by atoms with Gasteiger partial charge in [0, 0.05) is 0 Å². The molecule has 0 radical (unpaired) electrons. The third-order valence-corrected chi connectivity index (χ3v) is 5.19. The van der Waals surface area contributed by atoms with E-state index in [-0.39, 0.29) is 16.2 Å². The van der Waals surface area contributed by atoms with Gasteiger partial charge in [-0.1, -0.05) is 18.2 Å². The van der Waals surface area contributed by atoms with Gasteiger partial charge in [-0.2, -0.15) is 13.2 Å². The van der Waals surface area contributed by atoms with Crippen molar-refractivity contribution >= 4 is 34.5 Å². The average Bonchev–Trinajstić information content (AvgIpc) is 3.07. The van der Waals surface area contributed by atoms with E-state index < -0.39 is 34.8 Å². The van der Waals surface area contributed by atoms with Crippen LogP contribution in [-0.2, 0) is 0 Å². The van der Waals surface area contributed by atoms with Crippen molar-refractivity contribution in [1.82, 2.24) is 10.6 Å². The van der Waals surface area contributed by atoms with E-state index in [0.29, 0.717) is 0 Å². The Balaban J connectivity index is 2.16. The van der Waals surface area contributed by atoms with E-state index in [4.69, 9.17) is 12.2 Å². The van der Waals surface area contributed by atoms with Gasteiger partial charge < -0.3 is 20.8 Å². The van der Waals surface area contributed by atoms with Crippen LogP contribution in [0.3, 0.4) is 0 Å². The molecule has 0 unspecified atom stereocenters. The molecule has 1 aliphatic heterocycles. The number of carbonyl (C=O) groups excluding carboxylic acids is 1. The molecular formula is C16H13F3N2O3S2. The Morgan fingerprint density at radius 3 is 2.58 bits per heavy atom. The van der Waals surface area contributed by atoms with E-state index in [2.05, 4.69) is 5.32 Å². The highest BCUT2D eigenvalue weighted by Gasteiger charge is 2.65. The minimum absolute atomic E-state index is 0.0687. The number of phenolic OH excluding ortho intramolecular Hbond substituents is 1. The molecule has 0 aliphatic carbocycles. The predicted octanol–water partition coefficient (Wildman–Crippen LogP) is 2.72. The number of halogens is 3. The van der Waals surface area contributed by atoms with Gasteiger partial charge in [-0.05, 0) is 41.4 Å². The topological polar surface area (TPSA) is 81.6 Å². The van der Waals surface area contributed by atoms with E-state index in [1.165, 1.54) is 36.4 Å². The number of thiophene rings is 1. The number of benzene rings is 1. The summed E-state index contributed by atoms with van der Waals surface area (Å²) >= 11 is 5.79. The maximum atomic E-state index is 13.7. The number of phenols is 1. The lowest BCUT2D eigenvalue weighted by Crippen LogP contribution is -2.72. The fourth-order valence-corrected chi connectivity index (χ4v) is 3.89. The zero-order valence-electron chi connectivity index (χ0n) is 12.9. The smallest absolute Gasteiger partial charge is 0.437 e. The van der Waals surface area contributed by atoms with Crippen molar-refractivity contribution in [1.29, 1.82) is 0 Å². The van der Waals surface area contributed by atoms with Crippen LogP contribution in [0.15, 0.2) is 41.8 Å². The quantitative estimate of drug-likeness (QED) is 0.467. The third kappa shape index (κ3) is 3.15. The molecule has 10 heteroatoms. The Morgan fingerprint density at radius 2 is 2.00 bits per heavy atom. The van der Waals surface area contributed by atoms with Gasteiger partial charge in [-0.25, -0.2) is 0 Å². The average molecular weight is 402 g/mol. The molecule has 0 saturated carbocycles. The lowest BCUT2D eigenvalue weighted by Gasteiger charge is -2.46. The second-order valence-corrected chi connectivity index (χ2v) is 7.11. The number of aromatic hydroxyl groups is 1. The summed E-state index contributed by atoms with van der Waals surface area (Å²) in [6.07, 6.45) is -5.17. The summed E-state index contributed by atoms with van der Waals surface area (Å²) in [6, 6.07) is 7.05. The zero-order chi connectivity index (χ0) is 19.1. The molecule has 1 saturated heterocycles. The Hall–Kier alpha value is -2.17.